The quantitative estimate of drug-likeness (QED) is 0.671. The first-order valence-electron chi connectivity index (χ1n) is 10.6. The van der Waals surface area contributed by atoms with Crippen LogP contribution in [-0.4, -0.2) is 50.8 Å². The normalized spacial score (nSPS) is 16.0. The molecule has 160 valence electrons. The number of benzene rings is 2. The first-order chi connectivity index (χ1) is 14.6. The summed E-state index contributed by atoms with van der Waals surface area (Å²) in [7, 11) is 1.66. The van der Waals surface area contributed by atoms with E-state index in [0.29, 0.717) is 25.7 Å². The number of nitrogens with one attached hydrogen (secondary N) is 1. The van der Waals surface area contributed by atoms with Crippen LogP contribution in [-0.2, 0) is 9.53 Å². The summed E-state index contributed by atoms with van der Waals surface area (Å²) in [6.07, 6.45) is 3.46. The van der Waals surface area contributed by atoms with Crippen molar-refractivity contribution in [2.75, 3.05) is 40.0 Å². The zero-order valence-corrected chi connectivity index (χ0v) is 18.1. The van der Waals surface area contributed by atoms with Crippen LogP contribution in [0.4, 0.5) is 0 Å². The van der Waals surface area contributed by atoms with E-state index in [1.807, 2.05) is 30.3 Å². The van der Waals surface area contributed by atoms with Gasteiger partial charge in [0.2, 0.25) is 5.91 Å². The Labute approximate surface area is 179 Å². The molecule has 1 aliphatic rings. The third kappa shape index (κ3) is 6.18. The van der Waals surface area contributed by atoms with Crippen molar-refractivity contribution >= 4 is 12.0 Å². The van der Waals surface area contributed by atoms with Crippen LogP contribution in [0, 0.1) is 0 Å². The van der Waals surface area contributed by atoms with Crippen molar-refractivity contribution in [2.45, 2.75) is 25.8 Å². The van der Waals surface area contributed by atoms with E-state index in [9.17, 15) is 4.79 Å². The van der Waals surface area contributed by atoms with Crippen LogP contribution < -0.4 is 10.1 Å². The van der Waals surface area contributed by atoms with Gasteiger partial charge in [0.05, 0.1) is 26.4 Å². The van der Waals surface area contributed by atoms with Gasteiger partial charge in [0, 0.05) is 25.7 Å². The number of nitrogens with zero attached hydrogens (tertiary/aromatic N) is 1. The van der Waals surface area contributed by atoms with E-state index in [1.54, 1.807) is 13.2 Å². The van der Waals surface area contributed by atoms with E-state index in [2.05, 4.69) is 48.3 Å². The number of hydrogen-bond acceptors (Lipinski definition) is 4. The lowest BCUT2D eigenvalue weighted by molar-refractivity contribution is -0.116. The smallest absolute Gasteiger partial charge is 0.244 e. The van der Waals surface area contributed by atoms with Gasteiger partial charge in [-0.25, -0.2) is 0 Å². The Morgan fingerprint density at radius 1 is 1.07 bits per heavy atom. The van der Waals surface area contributed by atoms with Crippen molar-refractivity contribution in [3.63, 3.8) is 0 Å². The summed E-state index contributed by atoms with van der Waals surface area (Å²) in [5.74, 6) is 1.24. The molecule has 1 saturated heterocycles. The Bertz CT molecular complexity index is 822. The number of ether oxygens (including phenoxy) is 2. The molecule has 1 aliphatic heterocycles. The summed E-state index contributed by atoms with van der Waals surface area (Å²) in [6, 6.07) is 16.5. The maximum atomic E-state index is 12.4. The molecule has 1 atom stereocenters. The molecule has 0 bridgehead atoms. The first-order valence-corrected chi connectivity index (χ1v) is 10.6. The van der Waals surface area contributed by atoms with Crippen LogP contribution in [0.15, 0.2) is 54.6 Å². The minimum Gasteiger partial charge on any atom is -0.497 e. The largest absolute Gasteiger partial charge is 0.497 e. The number of morpholine rings is 1. The summed E-state index contributed by atoms with van der Waals surface area (Å²) in [5, 5.41) is 3.07. The third-order valence-electron chi connectivity index (χ3n) is 5.49. The average Bonchev–Trinajstić information content (AvgIpc) is 2.79. The lowest BCUT2D eigenvalue weighted by atomic mass is 10.0. The van der Waals surface area contributed by atoms with Gasteiger partial charge in [-0.2, -0.15) is 0 Å². The number of rotatable bonds is 8. The van der Waals surface area contributed by atoms with E-state index in [0.717, 1.165) is 30.0 Å². The van der Waals surface area contributed by atoms with Gasteiger partial charge in [0.15, 0.2) is 0 Å². The predicted molar refractivity (Wildman–Crippen MR) is 121 cm³/mol. The summed E-state index contributed by atoms with van der Waals surface area (Å²) >= 11 is 0. The Hall–Kier alpha value is -2.63. The highest BCUT2D eigenvalue weighted by atomic mass is 16.5. The Balaban J connectivity index is 1.62. The molecule has 0 radical (unpaired) electrons. The molecule has 30 heavy (non-hydrogen) atoms. The third-order valence-corrected chi connectivity index (χ3v) is 5.49. The van der Waals surface area contributed by atoms with Gasteiger partial charge in [0.25, 0.3) is 0 Å². The van der Waals surface area contributed by atoms with Crippen LogP contribution >= 0.6 is 0 Å². The van der Waals surface area contributed by atoms with Crippen molar-refractivity contribution in [2.24, 2.45) is 0 Å². The summed E-state index contributed by atoms with van der Waals surface area (Å²) in [5.41, 5.74) is 3.48. The van der Waals surface area contributed by atoms with Crippen LogP contribution in [0.5, 0.6) is 5.75 Å². The molecular weight excluding hydrogens is 376 g/mol. The fraction of sp³-hybridized carbons (Fsp3) is 0.400. The van der Waals surface area contributed by atoms with Gasteiger partial charge in [-0.3, -0.25) is 9.69 Å². The van der Waals surface area contributed by atoms with Crippen molar-refractivity contribution in [1.29, 1.82) is 0 Å². The molecule has 1 fully saturated rings. The number of carbonyl (C=O) groups is 1. The molecule has 1 heterocycles. The fourth-order valence-electron chi connectivity index (χ4n) is 3.59. The molecule has 0 aliphatic carbocycles. The van der Waals surface area contributed by atoms with E-state index >= 15 is 0 Å². The van der Waals surface area contributed by atoms with Crippen LogP contribution in [0.3, 0.4) is 0 Å². The molecule has 1 unspecified atom stereocenters. The zero-order chi connectivity index (χ0) is 21.3. The van der Waals surface area contributed by atoms with Gasteiger partial charge in [-0.1, -0.05) is 50.2 Å². The van der Waals surface area contributed by atoms with Crippen molar-refractivity contribution in [3.05, 3.63) is 71.3 Å². The molecule has 0 spiro atoms. The second kappa shape index (κ2) is 11.0. The molecule has 1 amide bonds. The number of carbonyl (C=O) groups excluding carboxylic acids is 1. The lowest BCUT2D eigenvalue weighted by Gasteiger charge is -2.34. The fourth-order valence-corrected chi connectivity index (χ4v) is 3.59. The summed E-state index contributed by atoms with van der Waals surface area (Å²) < 4.78 is 10.8. The minimum absolute atomic E-state index is 0.0882. The number of methoxy groups -OCH3 is 1. The molecule has 0 saturated carbocycles. The van der Waals surface area contributed by atoms with Gasteiger partial charge in [-0.05, 0) is 40.8 Å². The molecule has 1 N–H and O–H groups in total. The average molecular weight is 409 g/mol. The molecule has 3 rings (SSSR count). The molecule has 5 heteroatoms. The Kier molecular flexibility index (Phi) is 8.05. The number of hydrogen-bond donors (Lipinski definition) is 1. The van der Waals surface area contributed by atoms with Crippen LogP contribution in [0.2, 0.25) is 0 Å². The molecule has 0 aromatic heterocycles. The maximum Gasteiger partial charge on any atom is 0.244 e. The maximum absolute atomic E-state index is 12.4. The van der Waals surface area contributed by atoms with Crippen molar-refractivity contribution in [1.82, 2.24) is 10.2 Å². The molecular formula is C25H32N2O3. The van der Waals surface area contributed by atoms with E-state index in [1.165, 1.54) is 5.56 Å². The Morgan fingerprint density at radius 2 is 1.70 bits per heavy atom. The lowest BCUT2D eigenvalue weighted by Crippen LogP contribution is -2.43. The minimum atomic E-state index is -0.0882. The van der Waals surface area contributed by atoms with Crippen LogP contribution in [0.1, 0.15) is 42.5 Å². The Morgan fingerprint density at radius 3 is 2.30 bits per heavy atom. The van der Waals surface area contributed by atoms with Gasteiger partial charge >= 0.3 is 0 Å². The standard InChI is InChI=1S/C25H32N2O3/c1-19(2)21-7-4-20(5-8-21)6-13-25(28)26-18-24(27-14-16-30-17-15-27)22-9-11-23(29-3)12-10-22/h4-13,19,24H,14-18H2,1-3H3,(H,26,28)/b13-6+. The molecule has 2 aromatic rings. The van der Waals surface area contributed by atoms with Gasteiger partial charge in [0.1, 0.15) is 5.75 Å². The predicted octanol–water partition coefficient (Wildman–Crippen LogP) is 4.02. The monoisotopic (exact) mass is 408 g/mol. The topological polar surface area (TPSA) is 50.8 Å². The number of amides is 1. The molecule has 5 nitrogen and oxygen atoms in total. The van der Waals surface area contributed by atoms with Gasteiger partial charge < -0.3 is 14.8 Å². The van der Waals surface area contributed by atoms with Crippen LogP contribution in [0.25, 0.3) is 6.08 Å². The highest BCUT2D eigenvalue weighted by Gasteiger charge is 2.23. The summed E-state index contributed by atoms with van der Waals surface area (Å²) in [6.45, 7) is 8.02. The van der Waals surface area contributed by atoms with Gasteiger partial charge in [-0.15, -0.1) is 0 Å². The highest BCUT2D eigenvalue weighted by Crippen LogP contribution is 2.23. The highest BCUT2D eigenvalue weighted by molar-refractivity contribution is 5.91. The zero-order valence-electron chi connectivity index (χ0n) is 18.1. The second-order valence-electron chi connectivity index (χ2n) is 7.84. The van der Waals surface area contributed by atoms with E-state index in [-0.39, 0.29) is 11.9 Å². The SMILES string of the molecule is COc1ccc(C(CNC(=O)/C=C/c2ccc(C(C)C)cc2)N2CCOCC2)cc1. The summed E-state index contributed by atoms with van der Waals surface area (Å²) in [4.78, 5) is 14.8. The second-order valence-corrected chi connectivity index (χ2v) is 7.84. The van der Waals surface area contributed by atoms with E-state index < -0.39 is 0 Å². The van der Waals surface area contributed by atoms with E-state index in [4.69, 9.17) is 9.47 Å². The van der Waals surface area contributed by atoms with Crippen molar-refractivity contribution < 1.29 is 14.3 Å². The first kappa shape index (κ1) is 22.1. The molecule has 2 aromatic carbocycles. The van der Waals surface area contributed by atoms with Crippen molar-refractivity contribution in [3.8, 4) is 5.75 Å².